The lowest BCUT2D eigenvalue weighted by Crippen LogP contribution is -2.45. The molecule has 1 saturated carbocycles. The van der Waals surface area contributed by atoms with Gasteiger partial charge in [0.25, 0.3) is 10.1 Å². The van der Waals surface area contributed by atoms with E-state index < -0.39 is 21.6 Å². The molecule has 1 fully saturated rings. The lowest BCUT2D eigenvalue weighted by Gasteiger charge is -2.38. The topological polar surface area (TPSA) is 60.4 Å². The van der Waals surface area contributed by atoms with Crippen LogP contribution in [0.5, 0.6) is 0 Å². The Balaban J connectivity index is 2.99. The van der Waals surface area contributed by atoms with Crippen molar-refractivity contribution >= 4 is 38.5 Å². The maximum absolute atomic E-state index is 12.0. The molecule has 17 heavy (non-hydrogen) atoms. The molecule has 0 amide bonds. The lowest BCUT2D eigenvalue weighted by molar-refractivity contribution is -0.136. The number of rotatable bonds is 4. The lowest BCUT2D eigenvalue weighted by atomic mass is 9.70. The third-order valence-corrected chi connectivity index (χ3v) is 4.03. The van der Waals surface area contributed by atoms with Gasteiger partial charge in [-0.15, -0.1) is 0 Å². The molecule has 0 radical (unpaired) electrons. The number of allylic oxidation sites excluding steroid dienone is 1. The molecule has 0 aromatic rings. The molecule has 0 aromatic carbocycles. The molecule has 0 N–H and O–H groups in total. The summed E-state index contributed by atoms with van der Waals surface area (Å²) in [5.74, 6) is 0.0650. The molecule has 0 spiro atoms. The van der Waals surface area contributed by atoms with Crippen LogP contribution in [0.15, 0.2) is 10.2 Å². The minimum atomic E-state index is -3.54. The maximum atomic E-state index is 12.0. The van der Waals surface area contributed by atoms with Crippen LogP contribution >= 0.6 is 22.6 Å². The van der Waals surface area contributed by atoms with Crippen LogP contribution in [0.25, 0.3) is 0 Å². The number of halogens is 1. The number of hydrogen-bond acceptors (Lipinski definition) is 4. The van der Waals surface area contributed by atoms with E-state index in [4.69, 9.17) is 4.18 Å². The van der Waals surface area contributed by atoms with Gasteiger partial charge in [0.2, 0.25) is 0 Å². The van der Waals surface area contributed by atoms with E-state index in [9.17, 15) is 13.2 Å². The van der Waals surface area contributed by atoms with Gasteiger partial charge in [0.1, 0.15) is 5.78 Å². The minimum Gasteiger partial charge on any atom is -0.299 e. The Morgan fingerprint density at radius 2 is 2.24 bits per heavy atom. The molecule has 1 aliphatic carbocycles. The Bertz CT molecular complexity index is 429. The van der Waals surface area contributed by atoms with Crippen molar-refractivity contribution in [2.24, 2.45) is 5.41 Å². The van der Waals surface area contributed by atoms with Gasteiger partial charge >= 0.3 is 0 Å². The third-order valence-electron chi connectivity index (χ3n) is 3.07. The fourth-order valence-electron chi connectivity index (χ4n) is 2.21. The largest absolute Gasteiger partial charge is 0.299 e. The number of Topliss-reactive ketones (excluding diaryl/α,β-unsaturated/α-hetero) is 1. The van der Waals surface area contributed by atoms with Gasteiger partial charge in [-0.3, -0.25) is 8.98 Å². The smallest absolute Gasteiger partial charge is 0.264 e. The zero-order valence-electron chi connectivity index (χ0n) is 10.0. The highest BCUT2D eigenvalue weighted by atomic mass is 127. The average molecular weight is 372 g/mol. The van der Waals surface area contributed by atoms with Gasteiger partial charge in [-0.05, 0) is 52.4 Å². The molecule has 1 rings (SSSR count). The van der Waals surface area contributed by atoms with E-state index in [1.54, 1.807) is 6.92 Å². The van der Waals surface area contributed by atoms with Gasteiger partial charge < -0.3 is 0 Å². The second kappa shape index (κ2) is 5.36. The van der Waals surface area contributed by atoms with Gasteiger partial charge in [-0.25, -0.2) is 0 Å². The summed E-state index contributed by atoms with van der Waals surface area (Å²) >= 11 is 2.06. The summed E-state index contributed by atoms with van der Waals surface area (Å²) in [7, 11) is -3.54. The molecule has 1 aliphatic rings. The van der Waals surface area contributed by atoms with Crippen LogP contribution in [0, 0.1) is 5.41 Å². The summed E-state index contributed by atoms with van der Waals surface area (Å²) < 4.78 is 28.4. The van der Waals surface area contributed by atoms with E-state index in [-0.39, 0.29) is 5.78 Å². The van der Waals surface area contributed by atoms with Crippen LogP contribution in [0.3, 0.4) is 0 Å². The first-order chi connectivity index (χ1) is 7.65. The Hall–Kier alpha value is 0.0500. The van der Waals surface area contributed by atoms with E-state index in [1.165, 1.54) is 0 Å². The molecule has 98 valence electrons. The van der Waals surface area contributed by atoms with Crippen molar-refractivity contribution in [2.75, 3.05) is 6.26 Å². The standard InChI is InChI=1S/C11H17IO4S/c1-8(12)7-11(2)9(13)5-4-6-10(11)16-17(3,14)15/h10H,1,4-7H2,2-3H3/t10-,11-/m1/s1. The monoisotopic (exact) mass is 372 g/mol. The van der Waals surface area contributed by atoms with Crippen molar-refractivity contribution in [2.45, 2.75) is 38.7 Å². The fourth-order valence-corrected chi connectivity index (χ4v) is 3.73. The highest BCUT2D eigenvalue weighted by Crippen LogP contribution is 2.41. The summed E-state index contributed by atoms with van der Waals surface area (Å²) in [5.41, 5.74) is -0.764. The predicted molar refractivity (Wildman–Crippen MR) is 74.5 cm³/mol. The van der Waals surface area contributed by atoms with Crippen molar-refractivity contribution in [3.8, 4) is 0 Å². The molecule has 6 heteroatoms. The van der Waals surface area contributed by atoms with Crippen LogP contribution in [0.2, 0.25) is 0 Å². The minimum absolute atomic E-state index is 0.0650. The molecule has 4 nitrogen and oxygen atoms in total. The van der Waals surface area contributed by atoms with Gasteiger partial charge in [-0.1, -0.05) is 6.58 Å². The molecule has 0 aliphatic heterocycles. The SMILES string of the molecule is C=C(I)C[C@]1(C)C(=O)CCC[C@H]1OS(C)(=O)=O. The Kier molecular flexibility index (Phi) is 4.76. The van der Waals surface area contributed by atoms with Gasteiger partial charge in [-0.2, -0.15) is 8.42 Å². The first-order valence-electron chi connectivity index (χ1n) is 5.40. The fraction of sp³-hybridized carbons (Fsp3) is 0.727. The summed E-state index contributed by atoms with van der Waals surface area (Å²) in [6.45, 7) is 5.56. The van der Waals surface area contributed by atoms with Crippen LogP contribution in [-0.4, -0.2) is 26.6 Å². The highest BCUT2D eigenvalue weighted by molar-refractivity contribution is 14.1. The number of ketones is 1. The van der Waals surface area contributed by atoms with Crippen molar-refractivity contribution in [1.82, 2.24) is 0 Å². The van der Waals surface area contributed by atoms with Gasteiger partial charge in [0.05, 0.1) is 17.8 Å². The first-order valence-corrected chi connectivity index (χ1v) is 8.29. The third kappa shape index (κ3) is 4.03. The van der Waals surface area contributed by atoms with Gasteiger partial charge in [0, 0.05) is 6.42 Å². The molecule has 0 aromatic heterocycles. The zero-order valence-corrected chi connectivity index (χ0v) is 13.0. The normalized spacial score (nSPS) is 30.3. The molecular formula is C11H17IO4S. The van der Waals surface area contributed by atoms with E-state index in [0.29, 0.717) is 25.7 Å². The van der Waals surface area contributed by atoms with Crippen molar-refractivity contribution < 1.29 is 17.4 Å². The number of carbonyl (C=O) groups is 1. The van der Waals surface area contributed by atoms with E-state index in [0.717, 1.165) is 9.84 Å². The summed E-state index contributed by atoms with van der Waals surface area (Å²) in [6, 6.07) is 0. The van der Waals surface area contributed by atoms with Crippen LogP contribution in [0.1, 0.15) is 32.6 Å². The predicted octanol–water partition coefficient (Wildman–Crippen LogP) is 2.43. The Morgan fingerprint density at radius 1 is 1.65 bits per heavy atom. The van der Waals surface area contributed by atoms with Crippen LogP contribution in [-0.2, 0) is 19.1 Å². The van der Waals surface area contributed by atoms with Crippen LogP contribution < -0.4 is 0 Å². The summed E-state index contributed by atoms with van der Waals surface area (Å²) in [4.78, 5) is 12.0. The average Bonchev–Trinajstić information content (AvgIpc) is 2.10. The molecular weight excluding hydrogens is 355 g/mol. The maximum Gasteiger partial charge on any atom is 0.264 e. The molecule has 0 unspecified atom stereocenters. The van der Waals surface area contributed by atoms with Crippen LogP contribution in [0.4, 0.5) is 0 Å². The quantitative estimate of drug-likeness (QED) is 0.562. The number of carbonyl (C=O) groups excluding carboxylic acids is 1. The Labute approximate surface area is 116 Å². The Morgan fingerprint density at radius 3 is 2.71 bits per heavy atom. The molecule has 0 heterocycles. The van der Waals surface area contributed by atoms with Crippen molar-refractivity contribution in [1.29, 1.82) is 0 Å². The second-order valence-electron chi connectivity index (χ2n) is 4.72. The highest BCUT2D eigenvalue weighted by Gasteiger charge is 2.45. The van der Waals surface area contributed by atoms with E-state index in [2.05, 4.69) is 29.2 Å². The second-order valence-corrected chi connectivity index (χ2v) is 7.84. The number of hydrogen-bond donors (Lipinski definition) is 0. The van der Waals surface area contributed by atoms with Gasteiger partial charge in [0.15, 0.2) is 0 Å². The summed E-state index contributed by atoms with van der Waals surface area (Å²) in [5, 5.41) is 0. The van der Waals surface area contributed by atoms with E-state index >= 15 is 0 Å². The molecule has 0 bridgehead atoms. The van der Waals surface area contributed by atoms with Crippen molar-refractivity contribution in [3.63, 3.8) is 0 Å². The molecule has 0 saturated heterocycles. The summed E-state index contributed by atoms with van der Waals surface area (Å²) in [6.07, 6.45) is 2.69. The first kappa shape index (κ1) is 15.1. The zero-order chi connectivity index (χ0) is 13.3. The van der Waals surface area contributed by atoms with E-state index in [1.807, 2.05) is 0 Å². The molecule has 2 atom stereocenters. The van der Waals surface area contributed by atoms with Crippen molar-refractivity contribution in [3.05, 3.63) is 10.2 Å².